The minimum atomic E-state index is -1.03. The zero-order valence-electron chi connectivity index (χ0n) is 8.18. The maximum absolute atomic E-state index is 13.6. The van der Waals surface area contributed by atoms with Crippen molar-refractivity contribution in [2.24, 2.45) is 0 Å². The summed E-state index contributed by atoms with van der Waals surface area (Å²) < 4.78 is 13.6. The minimum Gasteiger partial charge on any atom is -0.481 e. The van der Waals surface area contributed by atoms with Gasteiger partial charge in [0.2, 0.25) is 0 Å². The van der Waals surface area contributed by atoms with Crippen LogP contribution in [0, 0.1) is 12.7 Å². The Morgan fingerprint density at radius 3 is 2.60 bits per heavy atom. The Hall–Kier alpha value is -1.09. The highest BCUT2D eigenvalue weighted by Crippen LogP contribution is 2.51. The van der Waals surface area contributed by atoms with Crippen LogP contribution < -0.4 is 0 Å². The highest BCUT2D eigenvalue weighted by molar-refractivity contribution is 6.31. The SMILES string of the molecule is Cc1c(Cl)ccc(F)c1C1(C(=O)O)CC1. The maximum atomic E-state index is 13.6. The van der Waals surface area contributed by atoms with Gasteiger partial charge in [-0.15, -0.1) is 0 Å². The van der Waals surface area contributed by atoms with Crippen molar-refractivity contribution < 1.29 is 14.3 Å². The quantitative estimate of drug-likeness (QED) is 0.845. The molecule has 1 aliphatic carbocycles. The van der Waals surface area contributed by atoms with Crippen molar-refractivity contribution in [3.05, 3.63) is 34.1 Å². The summed E-state index contributed by atoms with van der Waals surface area (Å²) >= 11 is 5.86. The standard InChI is InChI=1S/C11H10ClFO2/c1-6-7(12)2-3-8(13)9(6)11(4-5-11)10(14)15/h2-3H,4-5H2,1H3,(H,14,15). The van der Waals surface area contributed by atoms with Crippen molar-refractivity contribution >= 4 is 17.6 Å². The molecule has 0 aromatic heterocycles. The number of hydrogen-bond acceptors (Lipinski definition) is 1. The van der Waals surface area contributed by atoms with E-state index < -0.39 is 17.2 Å². The Balaban J connectivity index is 2.62. The van der Waals surface area contributed by atoms with Crippen molar-refractivity contribution in [1.82, 2.24) is 0 Å². The topological polar surface area (TPSA) is 37.3 Å². The molecule has 1 fully saturated rings. The third-order valence-corrected chi connectivity index (χ3v) is 3.40. The molecule has 1 N–H and O–H groups in total. The number of halogens is 2. The molecular formula is C11H10ClFO2. The highest BCUT2D eigenvalue weighted by Gasteiger charge is 2.54. The second-order valence-corrected chi connectivity index (χ2v) is 4.32. The summed E-state index contributed by atoms with van der Waals surface area (Å²) in [4.78, 5) is 11.1. The molecule has 2 nitrogen and oxygen atoms in total. The molecule has 0 bridgehead atoms. The average Bonchev–Trinajstić information content (AvgIpc) is 2.93. The summed E-state index contributed by atoms with van der Waals surface area (Å²) in [5, 5.41) is 9.50. The van der Waals surface area contributed by atoms with Crippen LogP contribution in [0.2, 0.25) is 5.02 Å². The van der Waals surface area contributed by atoms with Gasteiger partial charge in [-0.1, -0.05) is 11.6 Å². The summed E-state index contributed by atoms with van der Waals surface area (Å²) in [5.41, 5.74) is -0.238. The van der Waals surface area contributed by atoms with Gasteiger partial charge in [-0.05, 0) is 37.5 Å². The summed E-state index contributed by atoms with van der Waals surface area (Å²) in [6.45, 7) is 1.66. The van der Waals surface area contributed by atoms with E-state index in [9.17, 15) is 9.18 Å². The first kappa shape index (κ1) is 10.4. The Morgan fingerprint density at radius 1 is 1.53 bits per heavy atom. The van der Waals surface area contributed by atoms with Crippen LogP contribution in [-0.4, -0.2) is 11.1 Å². The smallest absolute Gasteiger partial charge is 0.314 e. The van der Waals surface area contributed by atoms with Crippen LogP contribution in [0.5, 0.6) is 0 Å². The van der Waals surface area contributed by atoms with E-state index in [1.54, 1.807) is 6.92 Å². The molecule has 0 radical (unpaired) electrons. The molecular weight excluding hydrogens is 219 g/mol. The van der Waals surface area contributed by atoms with Gasteiger partial charge in [0.05, 0.1) is 5.41 Å². The van der Waals surface area contributed by atoms with E-state index in [0.29, 0.717) is 23.4 Å². The Bertz CT molecular complexity index is 438. The first-order valence-corrected chi connectivity index (χ1v) is 5.05. The lowest BCUT2D eigenvalue weighted by atomic mass is 9.91. The first-order valence-electron chi connectivity index (χ1n) is 4.67. The zero-order chi connectivity index (χ0) is 11.2. The summed E-state index contributed by atoms with van der Waals surface area (Å²) in [5.74, 6) is -1.44. The zero-order valence-corrected chi connectivity index (χ0v) is 8.94. The van der Waals surface area contributed by atoms with Crippen LogP contribution >= 0.6 is 11.6 Å². The lowest BCUT2D eigenvalue weighted by Gasteiger charge is -2.15. The highest BCUT2D eigenvalue weighted by atomic mass is 35.5. The predicted molar refractivity (Wildman–Crippen MR) is 54.7 cm³/mol. The van der Waals surface area contributed by atoms with E-state index in [1.807, 2.05) is 0 Å². The van der Waals surface area contributed by atoms with Crippen molar-refractivity contribution in [3.63, 3.8) is 0 Å². The minimum absolute atomic E-state index is 0.252. The number of hydrogen-bond donors (Lipinski definition) is 1. The largest absolute Gasteiger partial charge is 0.481 e. The van der Waals surface area contributed by atoms with Gasteiger partial charge >= 0.3 is 5.97 Å². The van der Waals surface area contributed by atoms with Crippen LogP contribution in [0.3, 0.4) is 0 Å². The van der Waals surface area contributed by atoms with Crippen LogP contribution in [-0.2, 0) is 10.2 Å². The number of rotatable bonds is 2. The third-order valence-electron chi connectivity index (χ3n) is 2.99. The molecule has 1 aliphatic rings. The number of carboxylic acids is 1. The van der Waals surface area contributed by atoms with Gasteiger partial charge in [0, 0.05) is 10.6 Å². The number of carbonyl (C=O) groups is 1. The molecule has 0 spiro atoms. The Kier molecular flexibility index (Phi) is 2.23. The van der Waals surface area contributed by atoms with E-state index in [2.05, 4.69) is 0 Å². The summed E-state index contributed by atoms with van der Waals surface area (Å²) in [7, 11) is 0. The lowest BCUT2D eigenvalue weighted by Crippen LogP contribution is -2.22. The van der Waals surface area contributed by atoms with Crippen LogP contribution in [0.4, 0.5) is 4.39 Å². The molecule has 15 heavy (non-hydrogen) atoms. The van der Waals surface area contributed by atoms with Gasteiger partial charge in [0.25, 0.3) is 0 Å². The lowest BCUT2D eigenvalue weighted by molar-refractivity contribution is -0.140. The maximum Gasteiger partial charge on any atom is 0.314 e. The number of aliphatic carboxylic acids is 1. The second kappa shape index (κ2) is 3.20. The molecule has 4 heteroatoms. The van der Waals surface area contributed by atoms with Gasteiger partial charge in [-0.25, -0.2) is 4.39 Å². The molecule has 0 amide bonds. The van der Waals surface area contributed by atoms with E-state index >= 15 is 0 Å². The summed E-state index contributed by atoms with van der Waals surface area (Å²) in [6, 6.07) is 2.68. The fraction of sp³-hybridized carbons (Fsp3) is 0.364. The molecule has 1 saturated carbocycles. The van der Waals surface area contributed by atoms with E-state index in [0.717, 1.165) is 0 Å². The number of benzene rings is 1. The monoisotopic (exact) mass is 228 g/mol. The molecule has 0 aliphatic heterocycles. The van der Waals surface area contributed by atoms with Crippen molar-refractivity contribution in [3.8, 4) is 0 Å². The van der Waals surface area contributed by atoms with E-state index in [1.165, 1.54) is 12.1 Å². The molecule has 80 valence electrons. The van der Waals surface area contributed by atoms with Gasteiger partial charge in [-0.3, -0.25) is 4.79 Å². The van der Waals surface area contributed by atoms with Crippen molar-refractivity contribution in [2.75, 3.05) is 0 Å². The van der Waals surface area contributed by atoms with Gasteiger partial charge in [-0.2, -0.15) is 0 Å². The van der Waals surface area contributed by atoms with Crippen LogP contribution in [0.1, 0.15) is 24.0 Å². The molecule has 0 heterocycles. The third kappa shape index (κ3) is 1.42. The first-order chi connectivity index (χ1) is 6.99. The molecule has 0 atom stereocenters. The van der Waals surface area contributed by atoms with Gasteiger partial charge < -0.3 is 5.11 Å². The molecule has 0 saturated heterocycles. The average molecular weight is 229 g/mol. The molecule has 2 rings (SSSR count). The van der Waals surface area contributed by atoms with E-state index in [-0.39, 0.29) is 5.56 Å². The predicted octanol–water partition coefficient (Wildman–Crippen LogP) is 2.90. The van der Waals surface area contributed by atoms with Crippen molar-refractivity contribution in [1.29, 1.82) is 0 Å². The second-order valence-electron chi connectivity index (χ2n) is 3.92. The molecule has 0 unspecified atom stereocenters. The summed E-state index contributed by atoms with van der Waals surface area (Å²) in [6.07, 6.45) is 0.973. The van der Waals surface area contributed by atoms with Gasteiger partial charge in [0.1, 0.15) is 5.82 Å². The van der Waals surface area contributed by atoms with Gasteiger partial charge in [0.15, 0.2) is 0 Å². The van der Waals surface area contributed by atoms with Crippen molar-refractivity contribution in [2.45, 2.75) is 25.2 Å². The van der Waals surface area contributed by atoms with E-state index in [4.69, 9.17) is 16.7 Å². The fourth-order valence-corrected chi connectivity index (χ4v) is 2.09. The number of carboxylic acid groups (broad SMARTS) is 1. The molecule has 1 aromatic rings. The fourth-order valence-electron chi connectivity index (χ4n) is 1.94. The molecule has 1 aromatic carbocycles. The van der Waals surface area contributed by atoms with Crippen LogP contribution in [0.15, 0.2) is 12.1 Å². The normalized spacial score (nSPS) is 17.5. The Morgan fingerprint density at radius 2 is 2.13 bits per heavy atom. The Labute approximate surface area is 91.7 Å². The van der Waals surface area contributed by atoms with Crippen LogP contribution in [0.25, 0.3) is 0 Å².